The fourth-order valence-electron chi connectivity index (χ4n) is 2.49. The molecule has 0 bridgehead atoms. The van der Waals surface area contributed by atoms with E-state index in [9.17, 15) is 0 Å². The summed E-state index contributed by atoms with van der Waals surface area (Å²) in [6, 6.07) is 10.1. The number of benzene rings is 1. The lowest BCUT2D eigenvalue weighted by Crippen LogP contribution is -2.25. The van der Waals surface area contributed by atoms with Gasteiger partial charge in [0.05, 0.1) is 12.0 Å². The molecule has 1 fully saturated rings. The molecule has 0 aliphatic carbocycles. The fourth-order valence-corrected chi connectivity index (χ4v) is 2.49. The van der Waals surface area contributed by atoms with Crippen LogP contribution in [0.25, 0.3) is 0 Å². The number of rotatable bonds is 4. The zero-order valence-corrected chi connectivity index (χ0v) is 11.2. The quantitative estimate of drug-likeness (QED) is 0.914. The van der Waals surface area contributed by atoms with E-state index < -0.39 is 0 Å². The molecule has 1 aromatic heterocycles. The van der Waals surface area contributed by atoms with Crippen molar-refractivity contribution in [1.82, 2.24) is 14.9 Å². The first-order chi connectivity index (χ1) is 9.31. The first-order valence-corrected chi connectivity index (χ1v) is 6.74. The summed E-state index contributed by atoms with van der Waals surface area (Å²) in [7, 11) is 0. The van der Waals surface area contributed by atoms with Crippen LogP contribution in [-0.4, -0.2) is 34.1 Å². The molecule has 2 aromatic rings. The second kappa shape index (κ2) is 5.45. The maximum atomic E-state index is 5.99. The highest BCUT2D eigenvalue weighted by Gasteiger charge is 2.24. The van der Waals surface area contributed by atoms with Gasteiger partial charge in [-0.15, -0.1) is 0 Å². The van der Waals surface area contributed by atoms with Crippen LogP contribution in [0.15, 0.2) is 36.7 Å². The number of hydrogen-bond donors (Lipinski definition) is 1. The highest BCUT2D eigenvalue weighted by atomic mass is 16.5. The number of nitrogens with one attached hydrogen (secondary N) is 1. The lowest BCUT2D eigenvalue weighted by Gasteiger charge is -2.16. The van der Waals surface area contributed by atoms with E-state index in [0.29, 0.717) is 6.10 Å². The first-order valence-electron chi connectivity index (χ1n) is 6.74. The largest absolute Gasteiger partial charge is 0.489 e. The molecule has 3 rings (SSSR count). The van der Waals surface area contributed by atoms with E-state index in [1.54, 1.807) is 6.33 Å². The number of nitrogens with zero attached hydrogens (tertiary/aromatic N) is 2. The molecule has 2 heterocycles. The molecule has 4 heteroatoms. The van der Waals surface area contributed by atoms with Crippen molar-refractivity contribution in [3.8, 4) is 5.75 Å². The van der Waals surface area contributed by atoms with Gasteiger partial charge < -0.3 is 9.72 Å². The molecule has 4 nitrogen and oxygen atoms in total. The van der Waals surface area contributed by atoms with Crippen LogP contribution in [-0.2, 0) is 6.54 Å². The highest BCUT2D eigenvalue weighted by Crippen LogP contribution is 2.19. The Hall–Kier alpha value is -1.81. The number of aromatic nitrogens is 2. The van der Waals surface area contributed by atoms with E-state index in [0.717, 1.165) is 43.2 Å². The highest BCUT2D eigenvalue weighted by molar-refractivity contribution is 5.21. The van der Waals surface area contributed by atoms with E-state index >= 15 is 0 Å². The molecule has 1 atom stereocenters. The van der Waals surface area contributed by atoms with Crippen LogP contribution in [0.1, 0.15) is 17.8 Å². The van der Waals surface area contributed by atoms with Gasteiger partial charge in [0.1, 0.15) is 11.9 Å². The molecule has 1 saturated heterocycles. The average Bonchev–Trinajstić information content (AvgIpc) is 3.02. The Morgan fingerprint density at radius 1 is 1.37 bits per heavy atom. The van der Waals surface area contributed by atoms with E-state index in [1.165, 1.54) is 0 Å². The smallest absolute Gasteiger partial charge is 0.119 e. The summed E-state index contributed by atoms with van der Waals surface area (Å²) in [5.41, 5.74) is 2.30. The summed E-state index contributed by atoms with van der Waals surface area (Å²) < 4.78 is 5.99. The molecule has 19 heavy (non-hydrogen) atoms. The summed E-state index contributed by atoms with van der Waals surface area (Å²) in [6.45, 7) is 5.02. The Bertz CT molecular complexity index is 523. The number of imidazole rings is 1. The van der Waals surface area contributed by atoms with Crippen molar-refractivity contribution in [3.63, 3.8) is 0 Å². The number of aryl methyl sites for hydroxylation is 1. The molecule has 1 aliphatic heterocycles. The van der Waals surface area contributed by atoms with Crippen LogP contribution in [0.5, 0.6) is 5.75 Å². The third kappa shape index (κ3) is 2.96. The van der Waals surface area contributed by atoms with E-state index in [4.69, 9.17) is 4.74 Å². The monoisotopic (exact) mass is 257 g/mol. The minimum absolute atomic E-state index is 0.293. The maximum Gasteiger partial charge on any atom is 0.119 e. The number of ether oxygens (including phenoxy) is 1. The van der Waals surface area contributed by atoms with E-state index in [2.05, 4.69) is 21.8 Å². The minimum atomic E-state index is 0.293. The van der Waals surface area contributed by atoms with Crippen molar-refractivity contribution in [2.75, 3.05) is 13.1 Å². The Morgan fingerprint density at radius 2 is 2.21 bits per heavy atom. The van der Waals surface area contributed by atoms with Crippen molar-refractivity contribution in [2.24, 2.45) is 0 Å². The molecule has 0 spiro atoms. The van der Waals surface area contributed by atoms with E-state index in [1.807, 2.05) is 30.3 Å². The molecular formula is C15H19N3O. The Balaban J connectivity index is 1.54. The molecule has 0 radical (unpaired) electrons. The third-order valence-corrected chi connectivity index (χ3v) is 3.58. The predicted octanol–water partition coefficient (Wildman–Crippen LogP) is 2.37. The normalized spacial score (nSPS) is 19.7. The summed E-state index contributed by atoms with van der Waals surface area (Å²) in [5.74, 6) is 0.963. The van der Waals surface area contributed by atoms with Crippen LogP contribution in [0.4, 0.5) is 0 Å². The van der Waals surface area contributed by atoms with Crippen LogP contribution in [0.2, 0.25) is 0 Å². The van der Waals surface area contributed by atoms with Gasteiger partial charge in [-0.3, -0.25) is 4.90 Å². The molecule has 1 unspecified atom stereocenters. The molecule has 0 amide bonds. The van der Waals surface area contributed by atoms with Crippen molar-refractivity contribution >= 4 is 0 Å². The van der Waals surface area contributed by atoms with Crippen LogP contribution < -0.4 is 4.74 Å². The molecule has 1 aliphatic rings. The molecule has 0 saturated carbocycles. The zero-order valence-electron chi connectivity index (χ0n) is 11.2. The number of aromatic amines is 1. The van der Waals surface area contributed by atoms with Crippen LogP contribution in [0.3, 0.4) is 0 Å². The summed E-state index contributed by atoms with van der Waals surface area (Å²) in [6.07, 6.45) is 3.14. The zero-order chi connectivity index (χ0) is 13.1. The molecule has 100 valence electrons. The standard InChI is InChI=1S/C15H19N3O/c1-12-15(17-11-16-12)10-18-8-7-14(9-18)19-13-5-3-2-4-6-13/h2-6,11,14H,7-10H2,1H3,(H,16,17). The van der Waals surface area contributed by atoms with Gasteiger partial charge in [-0.2, -0.15) is 0 Å². The molecule has 1 N–H and O–H groups in total. The lowest BCUT2D eigenvalue weighted by molar-refractivity contribution is 0.198. The van der Waals surface area contributed by atoms with Crippen molar-refractivity contribution in [3.05, 3.63) is 48.0 Å². The maximum absolute atomic E-state index is 5.99. The Morgan fingerprint density at radius 3 is 2.95 bits per heavy atom. The number of likely N-dealkylation sites (tertiary alicyclic amines) is 1. The van der Waals surface area contributed by atoms with Gasteiger partial charge in [-0.05, 0) is 25.5 Å². The van der Waals surface area contributed by atoms with Crippen LogP contribution >= 0.6 is 0 Å². The SMILES string of the molecule is Cc1[nH]cnc1CN1CCC(Oc2ccccc2)C1. The topological polar surface area (TPSA) is 41.2 Å². The molecule has 1 aromatic carbocycles. The predicted molar refractivity (Wildman–Crippen MR) is 74.1 cm³/mol. The molecular weight excluding hydrogens is 238 g/mol. The van der Waals surface area contributed by atoms with Gasteiger partial charge >= 0.3 is 0 Å². The second-order valence-electron chi connectivity index (χ2n) is 5.05. The Labute approximate surface area is 113 Å². The fraction of sp³-hybridized carbons (Fsp3) is 0.400. The average molecular weight is 257 g/mol. The van der Waals surface area contributed by atoms with Crippen LogP contribution in [0, 0.1) is 6.92 Å². The van der Waals surface area contributed by atoms with Gasteiger partial charge in [0.2, 0.25) is 0 Å². The van der Waals surface area contributed by atoms with Crippen molar-refractivity contribution in [1.29, 1.82) is 0 Å². The van der Waals surface area contributed by atoms with E-state index in [-0.39, 0.29) is 0 Å². The van der Waals surface area contributed by atoms with Gasteiger partial charge in [0.15, 0.2) is 0 Å². The summed E-state index contributed by atoms with van der Waals surface area (Å²) in [4.78, 5) is 9.87. The van der Waals surface area contributed by atoms with Gasteiger partial charge in [0.25, 0.3) is 0 Å². The summed E-state index contributed by atoms with van der Waals surface area (Å²) in [5, 5.41) is 0. The number of H-pyrrole nitrogens is 1. The van der Waals surface area contributed by atoms with Gasteiger partial charge in [-0.1, -0.05) is 18.2 Å². The lowest BCUT2D eigenvalue weighted by atomic mass is 10.3. The van der Waals surface area contributed by atoms with Gasteiger partial charge in [-0.25, -0.2) is 4.98 Å². The first kappa shape index (κ1) is 12.2. The number of para-hydroxylation sites is 1. The summed E-state index contributed by atoms with van der Waals surface area (Å²) >= 11 is 0. The Kier molecular flexibility index (Phi) is 3.51. The van der Waals surface area contributed by atoms with Gasteiger partial charge in [0, 0.05) is 25.3 Å². The minimum Gasteiger partial charge on any atom is -0.489 e. The van der Waals surface area contributed by atoms with Crippen molar-refractivity contribution < 1.29 is 4.74 Å². The number of hydrogen-bond acceptors (Lipinski definition) is 3. The second-order valence-corrected chi connectivity index (χ2v) is 5.05. The third-order valence-electron chi connectivity index (χ3n) is 3.58. The van der Waals surface area contributed by atoms with Crippen molar-refractivity contribution in [2.45, 2.75) is 26.0 Å².